The maximum atomic E-state index is 9.00. The molecule has 4 rings (SSSR count). The summed E-state index contributed by atoms with van der Waals surface area (Å²) in [5, 5.41) is 7.42. The number of fused-ring (bicyclic) bond motifs is 4. The second-order valence-corrected chi connectivity index (χ2v) is 16.8. The predicted octanol–water partition coefficient (Wildman–Crippen LogP) is 4.91. The highest BCUT2D eigenvalue weighted by atomic mass is 28.5. The average Bonchev–Trinajstić information content (AvgIpc) is 3.41. The van der Waals surface area contributed by atoms with Crippen LogP contribution in [-0.4, -0.2) is 42.4 Å². The second kappa shape index (κ2) is 8.26. The van der Waals surface area contributed by atoms with Crippen molar-refractivity contribution in [3.8, 4) is 0 Å². The maximum absolute atomic E-state index is 9.00. The van der Waals surface area contributed by atoms with Gasteiger partial charge < -0.3 is 18.1 Å². The van der Waals surface area contributed by atoms with Gasteiger partial charge in [-0.1, -0.05) is 25.7 Å². The number of carboxylic acids is 1. The third-order valence-corrected chi connectivity index (χ3v) is 17.0. The molecular weight excluding hydrogens is 376 g/mol. The molecular formula is C20H38O5Si2. The zero-order valence-corrected chi connectivity index (χ0v) is 19.7. The number of carbonyl (C=O) groups is 1. The molecule has 0 aromatic carbocycles. The van der Waals surface area contributed by atoms with Gasteiger partial charge >= 0.3 is 17.1 Å². The Kier molecular flexibility index (Phi) is 6.58. The summed E-state index contributed by atoms with van der Waals surface area (Å²) in [6.45, 7) is 5.77. The van der Waals surface area contributed by atoms with Crippen LogP contribution in [0.25, 0.3) is 0 Å². The molecule has 5 nitrogen and oxygen atoms in total. The summed E-state index contributed by atoms with van der Waals surface area (Å²) < 4.78 is 19.4. The van der Waals surface area contributed by atoms with Gasteiger partial charge in [-0.25, -0.2) is 0 Å². The number of rotatable bonds is 6. The van der Waals surface area contributed by atoms with Gasteiger partial charge in [-0.15, -0.1) is 0 Å². The molecule has 0 aromatic heterocycles. The molecule has 4 fully saturated rings. The number of hydrogen-bond acceptors (Lipinski definition) is 4. The smallest absolute Gasteiger partial charge is 0.329 e. The van der Waals surface area contributed by atoms with E-state index in [1.165, 1.54) is 51.4 Å². The minimum absolute atomic E-state index is 0.701. The van der Waals surface area contributed by atoms with E-state index in [2.05, 4.69) is 13.1 Å². The molecule has 0 aromatic rings. The zero-order valence-electron chi connectivity index (χ0n) is 17.7. The first-order chi connectivity index (χ1) is 12.7. The SMILES string of the molecule is CC(=O)O.CO[Si](C)(O[Si](C)(OC)C1CC2CCC1C2)C1CC2CCC1C2. The van der Waals surface area contributed by atoms with Crippen LogP contribution in [-0.2, 0) is 17.8 Å². The van der Waals surface area contributed by atoms with Crippen LogP contribution in [0, 0.1) is 23.7 Å². The van der Waals surface area contributed by atoms with Crippen molar-refractivity contribution in [1.82, 2.24) is 0 Å². The first-order valence-corrected chi connectivity index (χ1v) is 15.5. The van der Waals surface area contributed by atoms with Gasteiger partial charge in [0.1, 0.15) is 0 Å². The summed E-state index contributed by atoms with van der Waals surface area (Å²) in [6.07, 6.45) is 11.3. The molecule has 0 spiro atoms. The third-order valence-electron chi connectivity index (χ3n) is 8.04. The Balaban J connectivity index is 0.000000481. The van der Waals surface area contributed by atoms with Gasteiger partial charge in [-0.3, -0.25) is 4.79 Å². The average molecular weight is 415 g/mol. The van der Waals surface area contributed by atoms with E-state index in [1.807, 2.05) is 14.2 Å². The summed E-state index contributed by atoms with van der Waals surface area (Å²) in [7, 11) is -0.505. The van der Waals surface area contributed by atoms with E-state index in [-0.39, 0.29) is 0 Å². The van der Waals surface area contributed by atoms with Crippen LogP contribution >= 0.6 is 0 Å². The van der Waals surface area contributed by atoms with E-state index in [4.69, 9.17) is 22.9 Å². The number of hydrogen-bond donors (Lipinski definition) is 1. The van der Waals surface area contributed by atoms with Crippen LogP contribution in [0.1, 0.15) is 58.3 Å². The Labute approximate surface area is 166 Å². The standard InChI is InChI=1S/C18H34O3Si2.C2H4O2/c1-19-22(3,17-11-13-5-7-15(17)9-13)21-23(4,20-2)18-12-14-6-8-16(18)10-14;1-2(3)4/h13-18H,5-12H2,1-4H3;1H3,(H,3,4). The van der Waals surface area contributed by atoms with Crippen molar-refractivity contribution in [2.24, 2.45) is 23.7 Å². The van der Waals surface area contributed by atoms with E-state index in [0.29, 0.717) is 11.1 Å². The zero-order chi connectivity index (χ0) is 19.8. The largest absolute Gasteiger partial charge is 0.481 e. The molecule has 27 heavy (non-hydrogen) atoms. The summed E-state index contributed by atoms with van der Waals surface area (Å²) in [5.41, 5.74) is 1.40. The molecule has 4 saturated carbocycles. The molecule has 4 aliphatic carbocycles. The van der Waals surface area contributed by atoms with Crippen LogP contribution in [0.2, 0.25) is 24.2 Å². The number of aliphatic carboxylic acids is 1. The van der Waals surface area contributed by atoms with Crippen LogP contribution in [0.3, 0.4) is 0 Å². The molecule has 8 atom stereocenters. The maximum Gasteiger partial charge on any atom is 0.329 e. The minimum atomic E-state index is -2.16. The highest BCUT2D eigenvalue weighted by Gasteiger charge is 2.59. The molecule has 8 unspecified atom stereocenters. The Morgan fingerprint density at radius 2 is 1.19 bits per heavy atom. The van der Waals surface area contributed by atoms with Crippen molar-refractivity contribution in [2.45, 2.75) is 82.5 Å². The van der Waals surface area contributed by atoms with Crippen molar-refractivity contribution in [1.29, 1.82) is 0 Å². The lowest BCUT2D eigenvalue weighted by atomic mass is 10.0. The Morgan fingerprint density at radius 3 is 1.41 bits per heavy atom. The van der Waals surface area contributed by atoms with Gasteiger partial charge in [0.2, 0.25) is 0 Å². The summed E-state index contributed by atoms with van der Waals surface area (Å²) in [6, 6.07) is 0. The fourth-order valence-corrected chi connectivity index (χ4v) is 16.3. The van der Waals surface area contributed by atoms with Gasteiger partial charge in [-0.05, 0) is 62.4 Å². The van der Waals surface area contributed by atoms with Gasteiger partial charge in [0, 0.05) is 32.2 Å². The van der Waals surface area contributed by atoms with E-state index >= 15 is 0 Å². The van der Waals surface area contributed by atoms with Crippen molar-refractivity contribution in [3.63, 3.8) is 0 Å². The molecule has 1 N–H and O–H groups in total. The minimum Gasteiger partial charge on any atom is -0.481 e. The normalized spacial score (nSPS) is 40.9. The monoisotopic (exact) mass is 414 g/mol. The number of carboxylic acid groups (broad SMARTS) is 1. The van der Waals surface area contributed by atoms with E-state index in [1.54, 1.807) is 0 Å². The van der Waals surface area contributed by atoms with Gasteiger partial charge in [0.15, 0.2) is 0 Å². The topological polar surface area (TPSA) is 65.0 Å². The van der Waals surface area contributed by atoms with Crippen LogP contribution in [0.5, 0.6) is 0 Å². The fraction of sp³-hybridized carbons (Fsp3) is 0.950. The molecule has 0 aliphatic heterocycles. The summed E-state index contributed by atoms with van der Waals surface area (Å²) >= 11 is 0. The first kappa shape index (κ1) is 21.5. The summed E-state index contributed by atoms with van der Waals surface area (Å²) in [4.78, 5) is 9.00. The van der Waals surface area contributed by atoms with Crippen LogP contribution in [0.15, 0.2) is 0 Å². The van der Waals surface area contributed by atoms with Crippen molar-refractivity contribution in [2.75, 3.05) is 14.2 Å². The van der Waals surface area contributed by atoms with E-state index < -0.39 is 23.1 Å². The molecule has 0 saturated heterocycles. The van der Waals surface area contributed by atoms with Crippen molar-refractivity contribution < 1.29 is 22.9 Å². The highest BCUT2D eigenvalue weighted by Crippen LogP contribution is 2.59. The lowest BCUT2D eigenvalue weighted by molar-refractivity contribution is -0.134. The van der Waals surface area contributed by atoms with Gasteiger partial charge in [0.25, 0.3) is 5.97 Å². The Morgan fingerprint density at radius 1 is 0.815 bits per heavy atom. The molecule has 156 valence electrons. The lowest BCUT2D eigenvalue weighted by Gasteiger charge is -2.45. The second-order valence-electron chi connectivity index (χ2n) is 9.62. The molecule has 0 amide bonds. The summed E-state index contributed by atoms with van der Waals surface area (Å²) in [5.74, 6) is 2.81. The molecule has 0 heterocycles. The van der Waals surface area contributed by atoms with Crippen molar-refractivity contribution in [3.05, 3.63) is 0 Å². The third kappa shape index (κ3) is 4.37. The molecule has 4 aliphatic rings. The lowest BCUT2D eigenvalue weighted by Crippen LogP contribution is -2.57. The predicted molar refractivity (Wildman–Crippen MR) is 110 cm³/mol. The van der Waals surface area contributed by atoms with E-state index in [9.17, 15) is 0 Å². The van der Waals surface area contributed by atoms with Crippen molar-refractivity contribution >= 4 is 23.1 Å². The molecule has 4 bridgehead atoms. The van der Waals surface area contributed by atoms with Crippen LogP contribution < -0.4 is 0 Å². The molecule has 7 heteroatoms. The highest BCUT2D eigenvalue weighted by molar-refractivity contribution is 6.81. The Hall–Kier alpha value is -0.216. The molecule has 0 radical (unpaired) electrons. The Bertz CT molecular complexity index is 502. The fourth-order valence-electron chi connectivity index (χ4n) is 6.71. The van der Waals surface area contributed by atoms with E-state index in [0.717, 1.165) is 30.6 Å². The van der Waals surface area contributed by atoms with Gasteiger partial charge in [-0.2, -0.15) is 0 Å². The van der Waals surface area contributed by atoms with Crippen LogP contribution in [0.4, 0.5) is 0 Å². The quantitative estimate of drug-likeness (QED) is 0.626. The first-order valence-electron chi connectivity index (χ1n) is 10.7. The van der Waals surface area contributed by atoms with Gasteiger partial charge in [0.05, 0.1) is 0 Å².